The molecule has 2 N–H and O–H groups in total. The molecule has 0 aliphatic carbocycles. The lowest BCUT2D eigenvalue weighted by Crippen LogP contribution is -2.34. The molecule has 2 atom stereocenters. The average Bonchev–Trinajstić information content (AvgIpc) is 2.20. The van der Waals surface area contributed by atoms with Crippen LogP contribution in [0, 0.1) is 5.92 Å². The Morgan fingerprint density at radius 3 is 2.36 bits per heavy atom. The second-order valence-electron chi connectivity index (χ2n) is 4.36. The van der Waals surface area contributed by atoms with Gasteiger partial charge in [0.05, 0.1) is 0 Å². The van der Waals surface area contributed by atoms with Crippen molar-refractivity contribution in [3.05, 3.63) is 0 Å². The van der Waals surface area contributed by atoms with Crippen molar-refractivity contribution >= 4 is 0 Å². The summed E-state index contributed by atoms with van der Waals surface area (Å²) < 4.78 is 0. The Kier molecular flexibility index (Phi) is 9.42. The number of nitrogens with one attached hydrogen (secondary N) is 2. The number of rotatable bonds is 9. The van der Waals surface area contributed by atoms with Crippen molar-refractivity contribution in [2.24, 2.45) is 5.92 Å². The summed E-state index contributed by atoms with van der Waals surface area (Å²) in [6, 6.07) is 0.680. The topological polar surface area (TPSA) is 24.1 Å². The molecule has 0 saturated carbocycles. The van der Waals surface area contributed by atoms with Crippen LogP contribution in [0.2, 0.25) is 0 Å². The van der Waals surface area contributed by atoms with E-state index >= 15 is 0 Å². The Bertz CT molecular complexity index is 101. The van der Waals surface area contributed by atoms with E-state index in [9.17, 15) is 0 Å². The Morgan fingerprint density at radius 1 is 1.07 bits per heavy atom. The van der Waals surface area contributed by atoms with E-state index in [0.29, 0.717) is 6.04 Å². The largest absolute Gasteiger partial charge is 0.317 e. The smallest absolute Gasteiger partial charge is 0.00388 e. The lowest BCUT2D eigenvalue weighted by atomic mass is 10.1. The van der Waals surface area contributed by atoms with E-state index < -0.39 is 0 Å². The molecule has 14 heavy (non-hydrogen) atoms. The molecule has 0 aliphatic heterocycles. The maximum atomic E-state index is 3.59. The first kappa shape index (κ1) is 13.9. The van der Waals surface area contributed by atoms with E-state index in [1.54, 1.807) is 0 Å². The first-order valence-electron chi connectivity index (χ1n) is 6.14. The van der Waals surface area contributed by atoms with E-state index in [0.717, 1.165) is 25.6 Å². The van der Waals surface area contributed by atoms with Crippen LogP contribution in [0.1, 0.15) is 47.0 Å². The summed E-state index contributed by atoms with van der Waals surface area (Å²) in [4.78, 5) is 0. The van der Waals surface area contributed by atoms with Crippen LogP contribution in [0.4, 0.5) is 0 Å². The standard InChI is InChI=1S/C12H28N2/c1-5-7-8-12(4)14-10-11(3)9-13-6-2/h11-14H,5-10H2,1-4H3. The molecule has 0 bridgehead atoms. The van der Waals surface area contributed by atoms with E-state index in [1.165, 1.54) is 19.3 Å². The van der Waals surface area contributed by atoms with Gasteiger partial charge in [-0.25, -0.2) is 0 Å². The van der Waals surface area contributed by atoms with Crippen LogP contribution in [0.15, 0.2) is 0 Å². The van der Waals surface area contributed by atoms with Crippen LogP contribution in [-0.4, -0.2) is 25.7 Å². The first-order chi connectivity index (χ1) is 6.70. The van der Waals surface area contributed by atoms with Gasteiger partial charge in [-0.15, -0.1) is 0 Å². The molecule has 0 aromatic rings. The molecule has 0 saturated heterocycles. The minimum absolute atomic E-state index is 0.680. The van der Waals surface area contributed by atoms with Crippen molar-refractivity contribution in [3.63, 3.8) is 0 Å². The molecule has 0 heterocycles. The Hall–Kier alpha value is -0.0800. The molecule has 0 aromatic heterocycles. The maximum Gasteiger partial charge on any atom is 0.00388 e. The van der Waals surface area contributed by atoms with Crippen LogP contribution < -0.4 is 10.6 Å². The molecular formula is C12H28N2. The molecular weight excluding hydrogens is 172 g/mol. The summed E-state index contributed by atoms with van der Waals surface area (Å²) in [5, 5.41) is 6.96. The molecule has 0 amide bonds. The van der Waals surface area contributed by atoms with Crippen LogP contribution in [-0.2, 0) is 0 Å². The van der Waals surface area contributed by atoms with Gasteiger partial charge >= 0.3 is 0 Å². The highest BCUT2D eigenvalue weighted by atomic mass is 14.9. The van der Waals surface area contributed by atoms with E-state index in [1.807, 2.05) is 0 Å². The predicted molar refractivity (Wildman–Crippen MR) is 64.7 cm³/mol. The zero-order chi connectivity index (χ0) is 10.8. The third kappa shape index (κ3) is 8.52. The Balaban J connectivity index is 3.31. The quantitative estimate of drug-likeness (QED) is 0.597. The summed E-state index contributed by atoms with van der Waals surface area (Å²) in [6.45, 7) is 12.3. The van der Waals surface area contributed by atoms with Gasteiger partial charge in [0.1, 0.15) is 0 Å². The third-order valence-corrected chi connectivity index (χ3v) is 2.55. The van der Waals surface area contributed by atoms with Gasteiger partial charge in [-0.1, -0.05) is 33.6 Å². The van der Waals surface area contributed by atoms with Gasteiger partial charge in [-0.05, 0) is 38.9 Å². The lowest BCUT2D eigenvalue weighted by molar-refractivity contribution is 0.423. The van der Waals surface area contributed by atoms with Gasteiger partial charge in [0, 0.05) is 6.04 Å². The van der Waals surface area contributed by atoms with E-state index in [4.69, 9.17) is 0 Å². The zero-order valence-corrected chi connectivity index (χ0v) is 10.4. The monoisotopic (exact) mass is 200 g/mol. The van der Waals surface area contributed by atoms with Gasteiger partial charge < -0.3 is 10.6 Å². The molecule has 0 aromatic carbocycles. The van der Waals surface area contributed by atoms with Crippen molar-refractivity contribution in [2.45, 2.75) is 53.0 Å². The Morgan fingerprint density at radius 2 is 1.79 bits per heavy atom. The minimum Gasteiger partial charge on any atom is -0.317 e. The van der Waals surface area contributed by atoms with Gasteiger partial charge in [0.15, 0.2) is 0 Å². The third-order valence-electron chi connectivity index (χ3n) is 2.55. The van der Waals surface area contributed by atoms with Crippen molar-refractivity contribution in [1.29, 1.82) is 0 Å². The van der Waals surface area contributed by atoms with Crippen LogP contribution in [0.5, 0.6) is 0 Å². The number of hydrogen-bond acceptors (Lipinski definition) is 2. The molecule has 0 aliphatic rings. The highest BCUT2D eigenvalue weighted by Crippen LogP contribution is 2.00. The second-order valence-corrected chi connectivity index (χ2v) is 4.36. The molecule has 86 valence electrons. The average molecular weight is 200 g/mol. The molecule has 0 rings (SSSR count). The summed E-state index contributed by atoms with van der Waals surface area (Å²) in [7, 11) is 0. The van der Waals surface area contributed by atoms with Crippen LogP contribution in [0.3, 0.4) is 0 Å². The SMILES string of the molecule is CCCCC(C)NCC(C)CNCC. The molecule has 2 heteroatoms. The summed E-state index contributed by atoms with van der Waals surface area (Å²) >= 11 is 0. The number of unbranched alkanes of at least 4 members (excludes halogenated alkanes) is 1. The van der Waals surface area contributed by atoms with Gasteiger partial charge in [0.2, 0.25) is 0 Å². The minimum atomic E-state index is 0.680. The van der Waals surface area contributed by atoms with Gasteiger partial charge in [-0.2, -0.15) is 0 Å². The number of hydrogen-bond donors (Lipinski definition) is 2. The summed E-state index contributed by atoms with van der Waals surface area (Å²) in [5.41, 5.74) is 0. The highest BCUT2D eigenvalue weighted by molar-refractivity contribution is 4.65. The fourth-order valence-corrected chi connectivity index (χ4v) is 1.48. The van der Waals surface area contributed by atoms with Crippen LogP contribution in [0.25, 0.3) is 0 Å². The highest BCUT2D eigenvalue weighted by Gasteiger charge is 2.04. The fourth-order valence-electron chi connectivity index (χ4n) is 1.48. The molecule has 0 spiro atoms. The molecule has 0 radical (unpaired) electrons. The molecule has 2 unspecified atom stereocenters. The van der Waals surface area contributed by atoms with E-state index in [2.05, 4.69) is 38.3 Å². The second kappa shape index (κ2) is 9.47. The first-order valence-corrected chi connectivity index (χ1v) is 6.14. The normalized spacial score (nSPS) is 15.4. The fraction of sp³-hybridized carbons (Fsp3) is 1.00. The van der Waals surface area contributed by atoms with Crippen molar-refractivity contribution in [2.75, 3.05) is 19.6 Å². The lowest BCUT2D eigenvalue weighted by Gasteiger charge is -2.17. The van der Waals surface area contributed by atoms with Crippen molar-refractivity contribution in [3.8, 4) is 0 Å². The van der Waals surface area contributed by atoms with E-state index in [-0.39, 0.29) is 0 Å². The van der Waals surface area contributed by atoms with Crippen molar-refractivity contribution < 1.29 is 0 Å². The van der Waals surface area contributed by atoms with Gasteiger partial charge in [0.25, 0.3) is 0 Å². The van der Waals surface area contributed by atoms with Gasteiger partial charge in [-0.3, -0.25) is 0 Å². The van der Waals surface area contributed by atoms with Crippen molar-refractivity contribution in [1.82, 2.24) is 10.6 Å². The predicted octanol–water partition coefficient (Wildman–Crippen LogP) is 2.40. The zero-order valence-electron chi connectivity index (χ0n) is 10.4. The Labute approximate surface area is 89.9 Å². The van der Waals surface area contributed by atoms with Crippen LogP contribution >= 0.6 is 0 Å². The molecule has 0 fully saturated rings. The molecule has 2 nitrogen and oxygen atoms in total. The maximum absolute atomic E-state index is 3.59. The summed E-state index contributed by atoms with van der Waals surface area (Å²) in [6.07, 6.45) is 3.96. The summed E-state index contributed by atoms with van der Waals surface area (Å²) in [5.74, 6) is 0.735.